The molecule has 0 fully saturated rings. The number of ether oxygens (including phenoxy) is 1. The van der Waals surface area contributed by atoms with Crippen LogP contribution in [0.1, 0.15) is 39.3 Å². The minimum absolute atomic E-state index is 0.380. The Hall–Kier alpha value is -1.48. The topological polar surface area (TPSA) is 34.4 Å². The van der Waals surface area contributed by atoms with E-state index in [0.717, 1.165) is 22.2 Å². The lowest BCUT2D eigenvalue weighted by Gasteiger charge is -2.16. The van der Waals surface area contributed by atoms with E-state index >= 15 is 0 Å². The molecule has 3 nitrogen and oxygen atoms in total. The average molecular weight is 261 g/mol. The first kappa shape index (κ1) is 13.9. The van der Waals surface area contributed by atoms with Crippen molar-refractivity contribution in [1.82, 2.24) is 4.57 Å². The van der Waals surface area contributed by atoms with E-state index in [0.29, 0.717) is 12.5 Å². The van der Waals surface area contributed by atoms with Crippen molar-refractivity contribution in [2.75, 3.05) is 7.11 Å². The van der Waals surface area contributed by atoms with E-state index in [9.17, 15) is 5.11 Å². The number of fused-ring (bicyclic) bond motifs is 1. The molecule has 1 aromatic carbocycles. The Bertz CT molecular complexity index is 576. The number of aliphatic hydroxyl groups is 1. The van der Waals surface area contributed by atoms with Crippen LogP contribution in [0, 0.1) is 0 Å². The molecule has 0 amide bonds. The third kappa shape index (κ3) is 2.76. The van der Waals surface area contributed by atoms with Crippen molar-refractivity contribution < 1.29 is 9.84 Å². The van der Waals surface area contributed by atoms with Gasteiger partial charge < -0.3 is 14.4 Å². The SMILES string of the molecule is COc1cccc2c1c(CC(C)(C)O)cn2C(C)C. The molecule has 2 aromatic rings. The normalized spacial score (nSPS) is 12.4. The lowest BCUT2D eigenvalue weighted by atomic mass is 9.98. The summed E-state index contributed by atoms with van der Waals surface area (Å²) in [5.74, 6) is 0.871. The molecular formula is C16H23NO2. The quantitative estimate of drug-likeness (QED) is 0.913. The van der Waals surface area contributed by atoms with E-state index < -0.39 is 5.60 Å². The highest BCUT2D eigenvalue weighted by molar-refractivity contribution is 5.90. The number of benzene rings is 1. The van der Waals surface area contributed by atoms with Crippen LogP contribution in [0.15, 0.2) is 24.4 Å². The molecular weight excluding hydrogens is 238 g/mol. The number of methoxy groups -OCH3 is 1. The predicted octanol–water partition coefficient (Wildman–Crippen LogP) is 3.54. The Balaban J connectivity index is 2.68. The van der Waals surface area contributed by atoms with Crippen molar-refractivity contribution in [3.63, 3.8) is 0 Å². The molecule has 0 bridgehead atoms. The van der Waals surface area contributed by atoms with Gasteiger partial charge in [-0.3, -0.25) is 0 Å². The molecule has 1 aromatic heterocycles. The third-order valence-electron chi connectivity index (χ3n) is 3.30. The van der Waals surface area contributed by atoms with Gasteiger partial charge in [-0.2, -0.15) is 0 Å². The van der Waals surface area contributed by atoms with Crippen LogP contribution in [0.25, 0.3) is 10.9 Å². The molecule has 104 valence electrons. The van der Waals surface area contributed by atoms with Crippen LogP contribution in [0.5, 0.6) is 5.75 Å². The summed E-state index contributed by atoms with van der Waals surface area (Å²) in [6.07, 6.45) is 2.75. The standard InChI is InChI=1S/C16H23NO2/c1-11(2)17-10-12(9-16(3,4)18)15-13(17)7-6-8-14(15)19-5/h6-8,10-11,18H,9H2,1-5H3. The van der Waals surface area contributed by atoms with Crippen molar-refractivity contribution >= 4 is 10.9 Å². The highest BCUT2D eigenvalue weighted by Crippen LogP contribution is 2.34. The highest BCUT2D eigenvalue weighted by Gasteiger charge is 2.20. The molecule has 0 aliphatic heterocycles. The van der Waals surface area contributed by atoms with E-state index in [1.807, 2.05) is 26.0 Å². The monoisotopic (exact) mass is 261 g/mol. The summed E-state index contributed by atoms with van der Waals surface area (Å²) in [6.45, 7) is 7.99. The molecule has 2 rings (SSSR count). The van der Waals surface area contributed by atoms with Gasteiger partial charge in [-0.25, -0.2) is 0 Å². The van der Waals surface area contributed by atoms with Gasteiger partial charge in [-0.1, -0.05) is 6.07 Å². The number of rotatable bonds is 4. The van der Waals surface area contributed by atoms with Gasteiger partial charge in [0.15, 0.2) is 0 Å². The minimum Gasteiger partial charge on any atom is -0.496 e. The van der Waals surface area contributed by atoms with Gasteiger partial charge in [0.05, 0.1) is 18.2 Å². The lowest BCUT2D eigenvalue weighted by molar-refractivity contribution is 0.0812. The molecule has 0 aliphatic carbocycles. The fourth-order valence-electron chi connectivity index (χ4n) is 2.56. The zero-order valence-electron chi connectivity index (χ0n) is 12.4. The Morgan fingerprint density at radius 3 is 2.53 bits per heavy atom. The maximum Gasteiger partial charge on any atom is 0.128 e. The van der Waals surface area contributed by atoms with Gasteiger partial charge in [-0.15, -0.1) is 0 Å². The van der Waals surface area contributed by atoms with E-state index in [4.69, 9.17) is 4.74 Å². The maximum atomic E-state index is 10.1. The fraction of sp³-hybridized carbons (Fsp3) is 0.500. The smallest absolute Gasteiger partial charge is 0.128 e. The van der Waals surface area contributed by atoms with Crippen LogP contribution in [-0.2, 0) is 6.42 Å². The molecule has 0 unspecified atom stereocenters. The van der Waals surface area contributed by atoms with Gasteiger partial charge in [0.1, 0.15) is 5.75 Å². The van der Waals surface area contributed by atoms with Crippen LogP contribution in [0.2, 0.25) is 0 Å². The Morgan fingerprint density at radius 1 is 1.32 bits per heavy atom. The van der Waals surface area contributed by atoms with E-state index in [1.165, 1.54) is 0 Å². The highest BCUT2D eigenvalue weighted by atomic mass is 16.5. The minimum atomic E-state index is -0.725. The molecule has 3 heteroatoms. The summed E-state index contributed by atoms with van der Waals surface area (Å²) in [6, 6.07) is 6.46. The molecule has 19 heavy (non-hydrogen) atoms. The van der Waals surface area contributed by atoms with E-state index in [-0.39, 0.29) is 0 Å². The van der Waals surface area contributed by atoms with E-state index in [1.54, 1.807) is 7.11 Å². The molecule has 0 spiro atoms. The number of hydrogen-bond acceptors (Lipinski definition) is 2. The molecule has 0 saturated carbocycles. The maximum absolute atomic E-state index is 10.1. The van der Waals surface area contributed by atoms with Gasteiger partial charge in [0.25, 0.3) is 0 Å². The third-order valence-corrected chi connectivity index (χ3v) is 3.30. The van der Waals surface area contributed by atoms with Crippen LogP contribution in [0.3, 0.4) is 0 Å². The van der Waals surface area contributed by atoms with Crippen LogP contribution in [0.4, 0.5) is 0 Å². The van der Waals surface area contributed by atoms with Gasteiger partial charge in [0.2, 0.25) is 0 Å². The van der Waals surface area contributed by atoms with E-state index in [2.05, 4.69) is 30.7 Å². The second-order valence-electron chi connectivity index (χ2n) is 6.00. The first-order valence-electron chi connectivity index (χ1n) is 6.72. The lowest BCUT2D eigenvalue weighted by Crippen LogP contribution is -2.21. The summed E-state index contributed by atoms with van der Waals surface area (Å²) < 4.78 is 7.72. The van der Waals surface area contributed by atoms with Crippen LogP contribution >= 0.6 is 0 Å². The molecule has 1 heterocycles. The second kappa shape index (κ2) is 4.89. The fourth-order valence-corrected chi connectivity index (χ4v) is 2.56. The first-order valence-corrected chi connectivity index (χ1v) is 6.72. The number of aromatic nitrogens is 1. The Labute approximate surface area is 114 Å². The second-order valence-corrected chi connectivity index (χ2v) is 6.00. The summed E-state index contributed by atoms with van der Waals surface area (Å²) in [5, 5.41) is 11.2. The summed E-state index contributed by atoms with van der Waals surface area (Å²) >= 11 is 0. The average Bonchev–Trinajstić information content (AvgIpc) is 2.66. The van der Waals surface area contributed by atoms with Crippen molar-refractivity contribution in [2.24, 2.45) is 0 Å². The molecule has 1 N–H and O–H groups in total. The van der Waals surface area contributed by atoms with Gasteiger partial charge >= 0.3 is 0 Å². The first-order chi connectivity index (χ1) is 8.83. The zero-order chi connectivity index (χ0) is 14.2. The summed E-state index contributed by atoms with van der Waals surface area (Å²) in [5.41, 5.74) is 1.57. The van der Waals surface area contributed by atoms with Crippen molar-refractivity contribution in [3.8, 4) is 5.75 Å². The zero-order valence-corrected chi connectivity index (χ0v) is 12.4. The van der Waals surface area contributed by atoms with Gasteiger partial charge in [0, 0.05) is 24.0 Å². The van der Waals surface area contributed by atoms with Crippen molar-refractivity contribution in [3.05, 3.63) is 30.0 Å². The Kier molecular flexibility index (Phi) is 3.59. The predicted molar refractivity (Wildman–Crippen MR) is 78.9 cm³/mol. The molecule has 0 radical (unpaired) electrons. The summed E-state index contributed by atoms with van der Waals surface area (Å²) in [4.78, 5) is 0. The summed E-state index contributed by atoms with van der Waals surface area (Å²) in [7, 11) is 1.69. The van der Waals surface area contributed by atoms with Gasteiger partial charge in [-0.05, 0) is 45.4 Å². The van der Waals surface area contributed by atoms with Crippen molar-refractivity contribution in [2.45, 2.75) is 45.8 Å². The van der Waals surface area contributed by atoms with Crippen LogP contribution in [-0.4, -0.2) is 22.4 Å². The Morgan fingerprint density at radius 2 is 2.00 bits per heavy atom. The number of hydrogen-bond donors (Lipinski definition) is 1. The van der Waals surface area contributed by atoms with Crippen LogP contribution < -0.4 is 4.74 Å². The number of nitrogens with zero attached hydrogens (tertiary/aromatic N) is 1. The molecule has 0 saturated heterocycles. The largest absolute Gasteiger partial charge is 0.496 e. The molecule has 0 aliphatic rings. The molecule has 0 atom stereocenters. The van der Waals surface area contributed by atoms with Crippen molar-refractivity contribution in [1.29, 1.82) is 0 Å².